The van der Waals surface area contributed by atoms with Crippen molar-refractivity contribution in [3.63, 3.8) is 0 Å². The summed E-state index contributed by atoms with van der Waals surface area (Å²) in [6.07, 6.45) is 5.89. The highest BCUT2D eigenvalue weighted by atomic mass is 16.5. The first-order valence-corrected chi connectivity index (χ1v) is 8.17. The molecule has 0 spiro atoms. The summed E-state index contributed by atoms with van der Waals surface area (Å²) < 4.78 is 7.56. The number of carbonyl (C=O) groups is 1. The van der Waals surface area contributed by atoms with Gasteiger partial charge in [0.25, 0.3) is 5.91 Å². The standard InChI is InChI=1S/C19H18N4O2/c1-22(13-16-11-14-5-2-3-6-17(14)25-16)19(24)15-7-8-18(20-12-15)23-10-4-9-21-23/h2-10,12,16H,11,13H2,1H3/t16-/m0/s1. The van der Waals surface area contributed by atoms with Crippen LogP contribution in [-0.4, -0.2) is 45.3 Å². The number of ether oxygens (including phenoxy) is 1. The normalized spacial score (nSPS) is 15.5. The molecule has 2 aromatic heterocycles. The topological polar surface area (TPSA) is 60.2 Å². The van der Waals surface area contributed by atoms with Gasteiger partial charge >= 0.3 is 0 Å². The van der Waals surface area contributed by atoms with Gasteiger partial charge in [-0.25, -0.2) is 9.67 Å². The summed E-state index contributed by atoms with van der Waals surface area (Å²) in [7, 11) is 1.79. The lowest BCUT2D eigenvalue weighted by atomic mass is 10.1. The predicted molar refractivity (Wildman–Crippen MR) is 92.9 cm³/mol. The summed E-state index contributed by atoms with van der Waals surface area (Å²) in [5.41, 5.74) is 1.74. The van der Waals surface area contributed by atoms with E-state index >= 15 is 0 Å². The fraction of sp³-hybridized carbons (Fsp3) is 0.211. The monoisotopic (exact) mass is 334 g/mol. The minimum Gasteiger partial charge on any atom is -0.488 e. The molecule has 0 saturated heterocycles. The van der Waals surface area contributed by atoms with E-state index in [1.165, 1.54) is 5.56 Å². The van der Waals surface area contributed by atoms with Crippen LogP contribution in [0.1, 0.15) is 15.9 Å². The predicted octanol–water partition coefficient (Wildman–Crippen LogP) is 2.34. The molecule has 1 amide bonds. The molecule has 1 aromatic carbocycles. The first-order valence-electron chi connectivity index (χ1n) is 8.17. The molecular formula is C19H18N4O2. The first kappa shape index (κ1) is 15.4. The van der Waals surface area contributed by atoms with Gasteiger partial charge in [-0.05, 0) is 29.8 Å². The number of para-hydroxylation sites is 1. The van der Waals surface area contributed by atoms with Gasteiger partial charge in [0.1, 0.15) is 11.9 Å². The molecule has 0 radical (unpaired) electrons. The number of nitrogens with zero attached hydrogens (tertiary/aromatic N) is 4. The van der Waals surface area contributed by atoms with E-state index in [2.05, 4.69) is 16.1 Å². The number of carbonyl (C=O) groups excluding carboxylic acids is 1. The number of pyridine rings is 1. The maximum atomic E-state index is 12.6. The average Bonchev–Trinajstić information content (AvgIpc) is 3.30. The van der Waals surface area contributed by atoms with E-state index in [1.54, 1.807) is 41.2 Å². The Kier molecular flexibility index (Phi) is 3.93. The van der Waals surface area contributed by atoms with Crippen molar-refractivity contribution in [2.24, 2.45) is 0 Å². The molecule has 25 heavy (non-hydrogen) atoms. The second kappa shape index (κ2) is 6.39. The van der Waals surface area contributed by atoms with Gasteiger partial charge in [-0.15, -0.1) is 0 Å². The molecule has 3 aromatic rings. The molecule has 0 fully saturated rings. The van der Waals surface area contributed by atoms with Gasteiger partial charge in [0.05, 0.1) is 12.1 Å². The van der Waals surface area contributed by atoms with E-state index in [0.717, 1.165) is 12.2 Å². The third-order valence-corrected chi connectivity index (χ3v) is 4.27. The van der Waals surface area contributed by atoms with E-state index in [9.17, 15) is 4.79 Å². The second-order valence-corrected chi connectivity index (χ2v) is 6.09. The molecule has 0 saturated carbocycles. The van der Waals surface area contributed by atoms with Crippen molar-refractivity contribution in [2.45, 2.75) is 12.5 Å². The number of amides is 1. The zero-order chi connectivity index (χ0) is 17.2. The quantitative estimate of drug-likeness (QED) is 0.735. The van der Waals surface area contributed by atoms with Gasteiger partial charge in [0.15, 0.2) is 5.82 Å². The SMILES string of the molecule is CN(C[C@@H]1Cc2ccccc2O1)C(=O)c1ccc(-n2cccn2)nc1. The summed E-state index contributed by atoms with van der Waals surface area (Å²) in [6, 6.07) is 13.4. The Labute approximate surface area is 145 Å². The van der Waals surface area contributed by atoms with Crippen LogP contribution in [0, 0.1) is 0 Å². The zero-order valence-electron chi connectivity index (χ0n) is 13.9. The van der Waals surface area contributed by atoms with Crippen LogP contribution in [0.25, 0.3) is 5.82 Å². The minimum atomic E-state index is -0.0703. The molecule has 4 rings (SSSR count). The van der Waals surface area contributed by atoms with Crippen molar-refractivity contribution < 1.29 is 9.53 Å². The number of hydrogen-bond donors (Lipinski definition) is 0. The van der Waals surface area contributed by atoms with Gasteiger partial charge in [-0.2, -0.15) is 5.10 Å². The highest BCUT2D eigenvalue weighted by Gasteiger charge is 2.25. The molecular weight excluding hydrogens is 316 g/mol. The fourth-order valence-electron chi connectivity index (χ4n) is 3.02. The Morgan fingerprint density at radius 1 is 1.28 bits per heavy atom. The largest absolute Gasteiger partial charge is 0.488 e. The fourth-order valence-corrected chi connectivity index (χ4v) is 3.02. The third kappa shape index (κ3) is 3.10. The third-order valence-electron chi connectivity index (χ3n) is 4.27. The van der Waals surface area contributed by atoms with Crippen molar-refractivity contribution in [2.75, 3.05) is 13.6 Å². The lowest BCUT2D eigenvalue weighted by molar-refractivity contribution is 0.0730. The molecule has 0 N–H and O–H groups in total. The Hall–Kier alpha value is -3.15. The molecule has 1 aliphatic rings. The Balaban J connectivity index is 1.41. The molecule has 6 heteroatoms. The van der Waals surface area contributed by atoms with Crippen LogP contribution in [0.5, 0.6) is 5.75 Å². The van der Waals surface area contributed by atoms with Gasteiger partial charge in [0, 0.05) is 32.1 Å². The molecule has 0 unspecified atom stereocenters. The van der Waals surface area contributed by atoms with Gasteiger partial charge in [0.2, 0.25) is 0 Å². The molecule has 0 aliphatic carbocycles. The molecule has 1 atom stereocenters. The van der Waals surface area contributed by atoms with Crippen molar-refractivity contribution in [3.05, 3.63) is 72.2 Å². The average molecular weight is 334 g/mol. The zero-order valence-corrected chi connectivity index (χ0v) is 13.9. The van der Waals surface area contributed by atoms with Crippen molar-refractivity contribution in [1.82, 2.24) is 19.7 Å². The number of hydrogen-bond acceptors (Lipinski definition) is 4. The maximum Gasteiger partial charge on any atom is 0.255 e. The highest BCUT2D eigenvalue weighted by molar-refractivity contribution is 5.93. The van der Waals surface area contributed by atoms with E-state index < -0.39 is 0 Å². The lowest BCUT2D eigenvalue weighted by Crippen LogP contribution is -2.36. The molecule has 0 bridgehead atoms. The van der Waals surface area contributed by atoms with E-state index in [1.807, 2.05) is 30.5 Å². The Bertz CT molecular complexity index is 850. The van der Waals surface area contributed by atoms with E-state index in [4.69, 9.17) is 4.74 Å². The van der Waals surface area contributed by atoms with Crippen LogP contribution >= 0.6 is 0 Å². The summed E-state index contributed by atoms with van der Waals surface area (Å²) >= 11 is 0. The summed E-state index contributed by atoms with van der Waals surface area (Å²) in [5, 5.41) is 4.13. The van der Waals surface area contributed by atoms with Gasteiger partial charge in [-0.3, -0.25) is 4.79 Å². The van der Waals surface area contributed by atoms with Crippen molar-refractivity contribution in [1.29, 1.82) is 0 Å². The molecule has 3 heterocycles. The van der Waals surface area contributed by atoms with Crippen LogP contribution in [0.15, 0.2) is 61.1 Å². The molecule has 126 valence electrons. The maximum absolute atomic E-state index is 12.6. The number of rotatable bonds is 4. The van der Waals surface area contributed by atoms with Crippen molar-refractivity contribution >= 4 is 5.91 Å². The minimum absolute atomic E-state index is 0.0114. The van der Waals surface area contributed by atoms with Gasteiger partial charge < -0.3 is 9.64 Å². The number of benzene rings is 1. The summed E-state index contributed by atoms with van der Waals surface area (Å²) in [5.74, 6) is 1.52. The van der Waals surface area contributed by atoms with Crippen LogP contribution in [0.4, 0.5) is 0 Å². The van der Waals surface area contributed by atoms with E-state index in [0.29, 0.717) is 17.9 Å². The number of likely N-dealkylation sites (N-methyl/N-ethyl adjacent to an activating group) is 1. The number of aromatic nitrogens is 3. The first-order chi connectivity index (χ1) is 12.2. The lowest BCUT2D eigenvalue weighted by Gasteiger charge is -2.21. The van der Waals surface area contributed by atoms with E-state index in [-0.39, 0.29) is 12.0 Å². The summed E-state index contributed by atoms with van der Waals surface area (Å²) in [4.78, 5) is 18.6. The molecule has 6 nitrogen and oxygen atoms in total. The van der Waals surface area contributed by atoms with Gasteiger partial charge in [-0.1, -0.05) is 18.2 Å². The Morgan fingerprint density at radius 2 is 2.16 bits per heavy atom. The van der Waals surface area contributed by atoms with Crippen LogP contribution < -0.4 is 4.74 Å². The summed E-state index contributed by atoms with van der Waals surface area (Å²) in [6.45, 7) is 0.536. The van der Waals surface area contributed by atoms with Crippen LogP contribution in [-0.2, 0) is 6.42 Å². The highest BCUT2D eigenvalue weighted by Crippen LogP contribution is 2.28. The van der Waals surface area contributed by atoms with Crippen molar-refractivity contribution in [3.8, 4) is 11.6 Å². The Morgan fingerprint density at radius 3 is 2.88 bits per heavy atom. The smallest absolute Gasteiger partial charge is 0.255 e. The van der Waals surface area contributed by atoms with Crippen LogP contribution in [0.2, 0.25) is 0 Å². The second-order valence-electron chi connectivity index (χ2n) is 6.09. The van der Waals surface area contributed by atoms with Crippen LogP contribution in [0.3, 0.4) is 0 Å². The number of fused-ring (bicyclic) bond motifs is 1. The molecule has 1 aliphatic heterocycles.